The molecule has 3 nitrogen and oxygen atoms in total. The van der Waals surface area contributed by atoms with Gasteiger partial charge in [-0.15, -0.1) is 0 Å². The quantitative estimate of drug-likeness (QED) is 0.856. The number of rotatable bonds is 5. The number of anilines is 1. The summed E-state index contributed by atoms with van der Waals surface area (Å²) in [6.45, 7) is 2.16. The SMILES string of the molecule is NCCN(Cc1ccccc1)c1ncc(Br)cc1Br. The predicted molar refractivity (Wildman–Crippen MR) is 86.2 cm³/mol. The summed E-state index contributed by atoms with van der Waals surface area (Å²) in [6.07, 6.45) is 1.80. The maximum Gasteiger partial charge on any atom is 0.143 e. The average Bonchev–Trinajstić information content (AvgIpc) is 2.39. The van der Waals surface area contributed by atoms with Crippen LogP contribution in [0.2, 0.25) is 0 Å². The zero-order valence-electron chi connectivity index (χ0n) is 10.4. The van der Waals surface area contributed by atoms with Gasteiger partial charge in [-0.2, -0.15) is 0 Å². The van der Waals surface area contributed by atoms with Crippen LogP contribution in [0.1, 0.15) is 5.56 Å². The first-order valence-electron chi connectivity index (χ1n) is 6.00. The second kappa shape index (κ2) is 7.03. The monoisotopic (exact) mass is 383 g/mol. The van der Waals surface area contributed by atoms with E-state index in [9.17, 15) is 0 Å². The van der Waals surface area contributed by atoms with Crippen molar-refractivity contribution in [1.29, 1.82) is 0 Å². The van der Waals surface area contributed by atoms with Gasteiger partial charge < -0.3 is 10.6 Å². The Hall–Kier alpha value is -0.910. The Balaban J connectivity index is 2.24. The molecule has 0 aliphatic carbocycles. The van der Waals surface area contributed by atoms with Crippen molar-refractivity contribution in [1.82, 2.24) is 4.98 Å². The summed E-state index contributed by atoms with van der Waals surface area (Å²) < 4.78 is 1.92. The molecule has 1 heterocycles. The van der Waals surface area contributed by atoms with Gasteiger partial charge in [0, 0.05) is 30.3 Å². The molecule has 0 aliphatic heterocycles. The van der Waals surface area contributed by atoms with Crippen LogP contribution in [0.15, 0.2) is 51.5 Å². The molecule has 1 aromatic carbocycles. The van der Waals surface area contributed by atoms with Gasteiger partial charge >= 0.3 is 0 Å². The number of pyridine rings is 1. The molecule has 0 saturated heterocycles. The summed E-state index contributed by atoms with van der Waals surface area (Å²) in [6, 6.07) is 12.3. The third-order valence-corrected chi connectivity index (χ3v) is 3.72. The third kappa shape index (κ3) is 4.03. The molecular formula is C14H15Br2N3. The molecule has 0 amide bonds. The number of hydrogen-bond acceptors (Lipinski definition) is 3. The summed E-state index contributed by atoms with van der Waals surface area (Å²) in [5, 5.41) is 0. The lowest BCUT2D eigenvalue weighted by atomic mass is 10.2. The standard InChI is InChI=1S/C14H15Br2N3/c15-12-8-13(16)14(18-9-12)19(7-6-17)10-11-4-2-1-3-5-11/h1-5,8-9H,6-7,10,17H2. The minimum atomic E-state index is 0.594. The van der Waals surface area contributed by atoms with Gasteiger partial charge in [-0.25, -0.2) is 4.98 Å². The van der Waals surface area contributed by atoms with Gasteiger partial charge in [0.15, 0.2) is 0 Å². The number of benzene rings is 1. The minimum absolute atomic E-state index is 0.594. The van der Waals surface area contributed by atoms with E-state index in [2.05, 4.69) is 53.9 Å². The molecule has 0 fully saturated rings. The summed E-state index contributed by atoms with van der Waals surface area (Å²) in [7, 11) is 0. The second-order valence-corrected chi connectivity index (χ2v) is 5.92. The van der Waals surface area contributed by atoms with Crippen LogP contribution in [0.4, 0.5) is 5.82 Å². The molecule has 0 radical (unpaired) electrons. The Morgan fingerprint density at radius 1 is 1.16 bits per heavy atom. The predicted octanol–water partition coefficient (Wildman–Crippen LogP) is 3.57. The van der Waals surface area contributed by atoms with E-state index in [1.54, 1.807) is 6.20 Å². The molecular weight excluding hydrogens is 370 g/mol. The van der Waals surface area contributed by atoms with E-state index in [-0.39, 0.29) is 0 Å². The Labute approximate surface area is 130 Å². The van der Waals surface area contributed by atoms with Crippen molar-refractivity contribution in [3.63, 3.8) is 0 Å². The topological polar surface area (TPSA) is 42.1 Å². The number of halogens is 2. The van der Waals surface area contributed by atoms with E-state index in [1.807, 2.05) is 24.3 Å². The van der Waals surface area contributed by atoms with Gasteiger partial charge in [0.2, 0.25) is 0 Å². The first-order valence-corrected chi connectivity index (χ1v) is 7.59. The van der Waals surface area contributed by atoms with E-state index >= 15 is 0 Å². The Morgan fingerprint density at radius 2 is 1.89 bits per heavy atom. The highest BCUT2D eigenvalue weighted by atomic mass is 79.9. The van der Waals surface area contributed by atoms with Crippen LogP contribution in [0.25, 0.3) is 0 Å². The summed E-state index contributed by atoms with van der Waals surface area (Å²) in [4.78, 5) is 6.64. The van der Waals surface area contributed by atoms with Crippen molar-refractivity contribution in [3.8, 4) is 0 Å². The molecule has 19 heavy (non-hydrogen) atoms. The zero-order valence-corrected chi connectivity index (χ0v) is 13.6. The summed E-state index contributed by atoms with van der Waals surface area (Å²) in [5.41, 5.74) is 6.95. The molecule has 0 spiro atoms. The van der Waals surface area contributed by atoms with Crippen LogP contribution >= 0.6 is 31.9 Å². The van der Waals surface area contributed by atoms with Crippen molar-refractivity contribution in [2.24, 2.45) is 5.73 Å². The molecule has 100 valence electrons. The van der Waals surface area contributed by atoms with E-state index in [0.29, 0.717) is 6.54 Å². The van der Waals surface area contributed by atoms with Gasteiger partial charge in [-0.05, 0) is 43.5 Å². The molecule has 5 heteroatoms. The largest absolute Gasteiger partial charge is 0.350 e. The number of nitrogens with zero attached hydrogens (tertiary/aromatic N) is 2. The highest BCUT2D eigenvalue weighted by Gasteiger charge is 2.12. The zero-order chi connectivity index (χ0) is 13.7. The Morgan fingerprint density at radius 3 is 2.53 bits per heavy atom. The number of aromatic nitrogens is 1. The lowest BCUT2D eigenvalue weighted by molar-refractivity contribution is 0.773. The van der Waals surface area contributed by atoms with E-state index in [1.165, 1.54) is 5.56 Å². The lowest BCUT2D eigenvalue weighted by Crippen LogP contribution is -2.30. The molecule has 2 N–H and O–H groups in total. The molecule has 2 aromatic rings. The number of nitrogens with two attached hydrogens (primary N) is 1. The van der Waals surface area contributed by atoms with Crippen LogP contribution in [0.3, 0.4) is 0 Å². The fourth-order valence-corrected chi connectivity index (χ4v) is 3.10. The number of hydrogen-bond donors (Lipinski definition) is 1. The normalized spacial score (nSPS) is 10.5. The average molecular weight is 385 g/mol. The van der Waals surface area contributed by atoms with Crippen LogP contribution in [-0.4, -0.2) is 18.1 Å². The molecule has 2 rings (SSSR count). The summed E-state index contributed by atoms with van der Waals surface area (Å²) in [5.74, 6) is 0.914. The molecule has 0 bridgehead atoms. The van der Waals surface area contributed by atoms with Gasteiger partial charge in [0.05, 0.1) is 4.47 Å². The van der Waals surface area contributed by atoms with Crippen molar-refractivity contribution >= 4 is 37.7 Å². The molecule has 0 atom stereocenters. The Bertz CT molecular complexity index is 531. The van der Waals surface area contributed by atoms with Crippen molar-refractivity contribution in [3.05, 3.63) is 57.1 Å². The maximum absolute atomic E-state index is 5.71. The van der Waals surface area contributed by atoms with E-state index in [0.717, 1.165) is 27.9 Å². The van der Waals surface area contributed by atoms with E-state index < -0.39 is 0 Å². The smallest absolute Gasteiger partial charge is 0.143 e. The molecule has 1 aromatic heterocycles. The fraction of sp³-hybridized carbons (Fsp3) is 0.214. The molecule has 0 saturated carbocycles. The Kier molecular flexibility index (Phi) is 5.36. The van der Waals surface area contributed by atoms with E-state index in [4.69, 9.17) is 5.73 Å². The maximum atomic E-state index is 5.71. The molecule has 0 unspecified atom stereocenters. The fourth-order valence-electron chi connectivity index (χ4n) is 1.86. The second-order valence-electron chi connectivity index (χ2n) is 4.15. The first kappa shape index (κ1) is 14.5. The highest BCUT2D eigenvalue weighted by Crippen LogP contribution is 2.27. The van der Waals surface area contributed by atoms with Gasteiger partial charge in [0.1, 0.15) is 5.82 Å². The van der Waals surface area contributed by atoms with Crippen LogP contribution < -0.4 is 10.6 Å². The van der Waals surface area contributed by atoms with Crippen LogP contribution in [0, 0.1) is 0 Å². The van der Waals surface area contributed by atoms with Crippen LogP contribution in [-0.2, 0) is 6.54 Å². The molecule has 0 aliphatic rings. The summed E-state index contributed by atoms with van der Waals surface area (Å²) >= 11 is 6.97. The van der Waals surface area contributed by atoms with Crippen molar-refractivity contribution in [2.45, 2.75) is 6.54 Å². The highest BCUT2D eigenvalue weighted by molar-refractivity contribution is 9.11. The van der Waals surface area contributed by atoms with Gasteiger partial charge in [-0.1, -0.05) is 30.3 Å². The van der Waals surface area contributed by atoms with Gasteiger partial charge in [0.25, 0.3) is 0 Å². The van der Waals surface area contributed by atoms with Crippen LogP contribution in [0.5, 0.6) is 0 Å². The van der Waals surface area contributed by atoms with Crippen molar-refractivity contribution < 1.29 is 0 Å². The van der Waals surface area contributed by atoms with Crippen molar-refractivity contribution in [2.75, 3.05) is 18.0 Å². The first-order chi connectivity index (χ1) is 9.20. The minimum Gasteiger partial charge on any atom is -0.350 e. The van der Waals surface area contributed by atoms with Gasteiger partial charge in [-0.3, -0.25) is 0 Å². The third-order valence-electron chi connectivity index (χ3n) is 2.70. The lowest BCUT2D eigenvalue weighted by Gasteiger charge is -2.24.